The molecule has 0 atom stereocenters. The van der Waals surface area contributed by atoms with Gasteiger partial charge in [-0.15, -0.1) is 0 Å². The van der Waals surface area contributed by atoms with Gasteiger partial charge in [0.2, 0.25) is 0 Å². The molecule has 0 amide bonds. The first-order chi connectivity index (χ1) is 14.8. The van der Waals surface area contributed by atoms with Crippen LogP contribution in [0.15, 0.2) is 130 Å². The van der Waals surface area contributed by atoms with Gasteiger partial charge in [-0.1, -0.05) is 0 Å². The van der Waals surface area contributed by atoms with Gasteiger partial charge in [-0.3, -0.25) is 0 Å². The summed E-state index contributed by atoms with van der Waals surface area (Å²) in [4.78, 5) is 0. The van der Waals surface area contributed by atoms with Crippen molar-refractivity contribution in [3.63, 3.8) is 0 Å². The number of allylic oxidation sites excluding steroid dienone is 2. The summed E-state index contributed by atoms with van der Waals surface area (Å²) in [6, 6.07) is 44.6. The molecule has 0 saturated heterocycles. The predicted molar refractivity (Wildman–Crippen MR) is 134 cm³/mol. The fraction of sp³-hybridized carbons (Fsp3) is 0.0714. The Morgan fingerprint density at radius 2 is 0.567 bits per heavy atom. The molecular weight excluding hydrogens is 486 g/mol. The van der Waals surface area contributed by atoms with Crippen LogP contribution >= 0.6 is 0 Å². The van der Waals surface area contributed by atoms with E-state index in [2.05, 4.69) is 135 Å². The molecule has 0 unspecified atom stereocenters. The number of hydrogen-bond acceptors (Lipinski definition) is 0. The van der Waals surface area contributed by atoms with Gasteiger partial charge in [0.15, 0.2) is 0 Å². The average Bonchev–Trinajstić information content (AvgIpc) is 2.82. The van der Waals surface area contributed by atoms with Crippen LogP contribution in [0.1, 0.15) is 13.8 Å². The van der Waals surface area contributed by atoms with Gasteiger partial charge in [-0.2, -0.15) is 0 Å². The van der Waals surface area contributed by atoms with E-state index in [0.29, 0.717) is 0 Å². The van der Waals surface area contributed by atoms with Gasteiger partial charge < -0.3 is 0 Å². The Hall–Kier alpha value is -2.26. The fourth-order valence-electron chi connectivity index (χ4n) is 3.70. The molecule has 4 aromatic carbocycles. The van der Waals surface area contributed by atoms with Gasteiger partial charge in [0.1, 0.15) is 0 Å². The van der Waals surface area contributed by atoms with Crippen LogP contribution in [0.4, 0.5) is 0 Å². The van der Waals surface area contributed by atoms with E-state index in [1.165, 1.54) is 17.4 Å². The van der Waals surface area contributed by atoms with E-state index in [0.717, 1.165) is 0 Å². The summed E-state index contributed by atoms with van der Waals surface area (Å²) in [5.41, 5.74) is 0. The molecule has 0 N–H and O–H groups in total. The Morgan fingerprint density at radius 1 is 0.367 bits per heavy atom. The molecular formula is C28H26As2. The second-order valence-corrected chi connectivity index (χ2v) is 17.1. The maximum atomic E-state index is 2.41. The van der Waals surface area contributed by atoms with Gasteiger partial charge >= 0.3 is 191 Å². The summed E-state index contributed by atoms with van der Waals surface area (Å²) in [5, 5.41) is 0. The van der Waals surface area contributed by atoms with Crippen LogP contribution in [0, 0.1) is 0 Å². The molecule has 2 heteroatoms. The molecule has 0 aliphatic carbocycles. The molecule has 0 aliphatic heterocycles. The van der Waals surface area contributed by atoms with Crippen molar-refractivity contribution in [1.29, 1.82) is 0 Å². The van der Waals surface area contributed by atoms with Crippen LogP contribution in [-0.2, 0) is 0 Å². The van der Waals surface area contributed by atoms with E-state index in [1.54, 1.807) is 8.72 Å². The van der Waals surface area contributed by atoms with Gasteiger partial charge in [0.25, 0.3) is 0 Å². The predicted octanol–water partition coefficient (Wildman–Crippen LogP) is 4.02. The van der Waals surface area contributed by atoms with Gasteiger partial charge in [0.05, 0.1) is 0 Å². The number of benzene rings is 4. The van der Waals surface area contributed by atoms with Crippen LogP contribution in [0.2, 0.25) is 0 Å². The number of hydrogen-bond donors (Lipinski definition) is 0. The zero-order valence-electron chi connectivity index (χ0n) is 17.4. The van der Waals surface area contributed by atoms with Crippen molar-refractivity contribution < 1.29 is 0 Å². The van der Waals surface area contributed by atoms with Crippen molar-refractivity contribution in [3.05, 3.63) is 130 Å². The average molecular weight is 512 g/mol. The molecule has 0 nitrogen and oxygen atoms in total. The second kappa shape index (κ2) is 10.2. The van der Waals surface area contributed by atoms with E-state index in [9.17, 15) is 0 Å². The maximum absolute atomic E-state index is 2.41. The number of rotatable bonds is 6. The molecule has 0 aromatic heterocycles. The minimum atomic E-state index is -1.58. The first-order valence-electron chi connectivity index (χ1n) is 10.2. The van der Waals surface area contributed by atoms with Gasteiger partial charge in [-0.05, 0) is 0 Å². The molecule has 0 spiro atoms. The SMILES string of the molecule is C/C(=C(\C)[As](c1ccccc1)c1ccccc1)[As](c1ccccc1)c1ccccc1. The minimum absolute atomic E-state index is 1.50. The first-order valence-corrected chi connectivity index (χ1v) is 15.9. The van der Waals surface area contributed by atoms with Crippen LogP contribution < -0.4 is 17.4 Å². The fourth-order valence-corrected chi connectivity index (χ4v) is 15.7. The van der Waals surface area contributed by atoms with Crippen molar-refractivity contribution in [1.82, 2.24) is 0 Å². The molecule has 0 aliphatic rings. The topological polar surface area (TPSA) is 0 Å². The Morgan fingerprint density at radius 3 is 0.767 bits per heavy atom. The molecule has 148 valence electrons. The Labute approximate surface area is 189 Å². The molecule has 30 heavy (non-hydrogen) atoms. The van der Waals surface area contributed by atoms with Crippen molar-refractivity contribution >= 4 is 46.7 Å². The Kier molecular flexibility index (Phi) is 7.11. The monoisotopic (exact) mass is 512 g/mol. The first kappa shape index (κ1) is 21.0. The molecule has 0 bridgehead atoms. The summed E-state index contributed by atoms with van der Waals surface area (Å²) < 4.78 is 9.25. The quantitative estimate of drug-likeness (QED) is 0.343. The van der Waals surface area contributed by atoms with Crippen LogP contribution in [0.25, 0.3) is 0 Å². The molecule has 0 saturated carbocycles. The van der Waals surface area contributed by atoms with Crippen molar-refractivity contribution in [2.45, 2.75) is 13.8 Å². The van der Waals surface area contributed by atoms with Gasteiger partial charge in [0, 0.05) is 0 Å². The summed E-state index contributed by atoms with van der Waals surface area (Å²) in [6.07, 6.45) is 0. The zero-order chi connectivity index (χ0) is 20.8. The molecule has 4 aromatic rings. The van der Waals surface area contributed by atoms with Crippen LogP contribution in [-0.4, -0.2) is 29.3 Å². The third-order valence-electron chi connectivity index (χ3n) is 5.25. The molecule has 0 heterocycles. The summed E-state index contributed by atoms with van der Waals surface area (Å²) >= 11 is -3.16. The van der Waals surface area contributed by atoms with E-state index in [-0.39, 0.29) is 0 Å². The summed E-state index contributed by atoms with van der Waals surface area (Å²) in [6.45, 7) is 4.81. The van der Waals surface area contributed by atoms with Crippen LogP contribution in [0.3, 0.4) is 0 Å². The summed E-state index contributed by atoms with van der Waals surface area (Å²) in [5.74, 6) is 0. The van der Waals surface area contributed by atoms with E-state index < -0.39 is 29.3 Å². The normalized spacial score (nSPS) is 12.1. The third-order valence-corrected chi connectivity index (χ3v) is 17.1. The van der Waals surface area contributed by atoms with E-state index >= 15 is 0 Å². The van der Waals surface area contributed by atoms with Crippen molar-refractivity contribution in [2.75, 3.05) is 0 Å². The van der Waals surface area contributed by atoms with E-state index in [1.807, 2.05) is 0 Å². The molecule has 4 rings (SSSR count). The second-order valence-electron chi connectivity index (χ2n) is 7.18. The standard InChI is InChI=1S/C28H26As2/c1-23(29(25-15-7-3-8-16-25)26-17-9-4-10-18-26)24(2)30(27-19-11-5-12-20-27)28-21-13-6-14-22-28/h3-22H,1-2H3/b24-23-. The van der Waals surface area contributed by atoms with Crippen LogP contribution in [0.5, 0.6) is 0 Å². The Balaban J connectivity index is 1.88. The van der Waals surface area contributed by atoms with Crippen molar-refractivity contribution in [3.8, 4) is 0 Å². The molecule has 0 fully saturated rings. The molecule has 0 radical (unpaired) electrons. The van der Waals surface area contributed by atoms with Crippen molar-refractivity contribution in [2.24, 2.45) is 0 Å². The third kappa shape index (κ3) is 4.72. The van der Waals surface area contributed by atoms with Gasteiger partial charge in [-0.25, -0.2) is 0 Å². The Bertz CT molecular complexity index is 918. The zero-order valence-corrected chi connectivity index (χ0v) is 21.2. The van der Waals surface area contributed by atoms with E-state index in [4.69, 9.17) is 0 Å². The summed E-state index contributed by atoms with van der Waals surface area (Å²) in [7, 11) is 0.